The largest absolute Gasteiger partial charge is 0.488 e. The van der Waals surface area contributed by atoms with Gasteiger partial charge in [-0.15, -0.1) is 0 Å². The summed E-state index contributed by atoms with van der Waals surface area (Å²) in [5.74, 6) is 0.932. The van der Waals surface area contributed by atoms with Crippen molar-refractivity contribution in [2.24, 2.45) is 5.92 Å². The molecule has 1 heterocycles. The van der Waals surface area contributed by atoms with E-state index >= 15 is 0 Å². The standard InChI is InChI=1S/C20H23ClN2O2/c1-14-12-22-11-10-18(14)23-20(24)17-4-2-3-5-19(17)25-13-15-6-8-16(21)9-7-15/h2-9,14,18,22H,10-13H2,1H3,(H,23,24). The first-order valence-electron chi connectivity index (χ1n) is 8.61. The zero-order valence-electron chi connectivity index (χ0n) is 14.3. The van der Waals surface area contributed by atoms with E-state index in [1.54, 1.807) is 6.07 Å². The Morgan fingerprint density at radius 2 is 2.00 bits per heavy atom. The summed E-state index contributed by atoms with van der Waals surface area (Å²) in [6.07, 6.45) is 0.945. The van der Waals surface area contributed by atoms with Gasteiger partial charge in [-0.1, -0.05) is 42.8 Å². The van der Waals surface area contributed by atoms with Gasteiger partial charge in [-0.3, -0.25) is 4.79 Å². The predicted octanol–water partition coefficient (Wildman–Crippen LogP) is 3.65. The Hall–Kier alpha value is -2.04. The van der Waals surface area contributed by atoms with Gasteiger partial charge in [0.05, 0.1) is 5.56 Å². The Morgan fingerprint density at radius 3 is 2.76 bits per heavy atom. The summed E-state index contributed by atoms with van der Waals surface area (Å²) in [4.78, 5) is 12.7. The van der Waals surface area contributed by atoms with Crippen LogP contribution in [0.5, 0.6) is 5.75 Å². The van der Waals surface area contributed by atoms with Crippen LogP contribution in [0.2, 0.25) is 5.02 Å². The van der Waals surface area contributed by atoms with Crippen LogP contribution >= 0.6 is 11.6 Å². The molecule has 4 nitrogen and oxygen atoms in total. The second kappa shape index (κ2) is 8.37. The molecule has 0 aliphatic carbocycles. The molecule has 2 N–H and O–H groups in total. The normalized spacial score (nSPS) is 20.1. The lowest BCUT2D eigenvalue weighted by Gasteiger charge is -2.30. The molecule has 0 spiro atoms. The number of halogens is 1. The highest BCUT2D eigenvalue weighted by molar-refractivity contribution is 6.30. The van der Waals surface area contributed by atoms with Gasteiger partial charge in [0, 0.05) is 11.1 Å². The Balaban J connectivity index is 1.67. The smallest absolute Gasteiger partial charge is 0.255 e. The highest BCUT2D eigenvalue weighted by atomic mass is 35.5. The van der Waals surface area contributed by atoms with Crippen LogP contribution in [0.3, 0.4) is 0 Å². The SMILES string of the molecule is CC1CNCCC1NC(=O)c1ccccc1OCc1ccc(Cl)cc1. The quantitative estimate of drug-likeness (QED) is 0.857. The maximum Gasteiger partial charge on any atom is 0.255 e. The van der Waals surface area contributed by atoms with Gasteiger partial charge in [-0.25, -0.2) is 0 Å². The lowest BCUT2D eigenvalue weighted by molar-refractivity contribution is 0.0909. The van der Waals surface area contributed by atoms with E-state index in [2.05, 4.69) is 17.6 Å². The van der Waals surface area contributed by atoms with Crippen LogP contribution in [-0.4, -0.2) is 25.0 Å². The van der Waals surface area contributed by atoms with Crippen LogP contribution in [0.4, 0.5) is 0 Å². The van der Waals surface area contributed by atoms with E-state index < -0.39 is 0 Å². The van der Waals surface area contributed by atoms with E-state index in [1.807, 2.05) is 42.5 Å². The van der Waals surface area contributed by atoms with Gasteiger partial charge >= 0.3 is 0 Å². The van der Waals surface area contributed by atoms with Crippen LogP contribution in [0, 0.1) is 5.92 Å². The van der Waals surface area contributed by atoms with Crippen LogP contribution in [0.15, 0.2) is 48.5 Å². The summed E-state index contributed by atoms with van der Waals surface area (Å²) >= 11 is 5.90. The van der Waals surface area contributed by atoms with E-state index in [4.69, 9.17) is 16.3 Å². The lowest BCUT2D eigenvalue weighted by Crippen LogP contribution is -2.48. The molecule has 2 aromatic rings. The van der Waals surface area contributed by atoms with Crippen LogP contribution in [0.1, 0.15) is 29.3 Å². The minimum atomic E-state index is -0.0783. The van der Waals surface area contributed by atoms with E-state index in [1.165, 1.54) is 0 Å². The fourth-order valence-electron chi connectivity index (χ4n) is 3.00. The molecule has 1 saturated heterocycles. The molecule has 1 fully saturated rings. The Kier molecular flexibility index (Phi) is 5.95. The summed E-state index contributed by atoms with van der Waals surface area (Å²) in [6.45, 7) is 4.41. The summed E-state index contributed by atoms with van der Waals surface area (Å²) < 4.78 is 5.88. The molecule has 2 aromatic carbocycles. The molecule has 0 aromatic heterocycles. The molecule has 2 unspecified atom stereocenters. The van der Waals surface area contributed by atoms with E-state index in [9.17, 15) is 4.79 Å². The van der Waals surface area contributed by atoms with Gasteiger partial charge in [-0.2, -0.15) is 0 Å². The van der Waals surface area contributed by atoms with E-state index in [0.717, 1.165) is 25.1 Å². The zero-order chi connectivity index (χ0) is 17.6. The van der Waals surface area contributed by atoms with Crippen molar-refractivity contribution in [2.45, 2.75) is 26.0 Å². The molecule has 5 heteroatoms. The second-order valence-corrected chi connectivity index (χ2v) is 6.90. The number of para-hydroxylation sites is 1. The monoisotopic (exact) mass is 358 g/mol. The Bertz CT molecular complexity index is 718. The van der Waals surface area contributed by atoms with Gasteiger partial charge in [0.2, 0.25) is 0 Å². The molecule has 1 amide bonds. The number of ether oxygens (including phenoxy) is 1. The van der Waals surface area contributed by atoms with Gasteiger partial charge in [0.1, 0.15) is 12.4 Å². The molecule has 132 valence electrons. The minimum Gasteiger partial charge on any atom is -0.488 e. The van der Waals surface area contributed by atoms with Crippen LogP contribution in [-0.2, 0) is 6.61 Å². The first-order valence-corrected chi connectivity index (χ1v) is 8.99. The summed E-state index contributed by atoms with van der Waals surface area (Å²) in [5, 5.41) is 7.19. The molecule has 0 radical (unpaired) electrons. The fraction of sp³-hybridized carbons (Fsp3) is 0.350. The van der Waals surface area contributed by atoms with Crippen molar-refractivity contribution in [3.63, 3.8) is 0 Å². The Morgan fingerprint density at radius 1 is 1.24 bits per heavy atom. The molecular weight excluding hydrogens is 336 g/mol. The second-order valence-electron chi connectivity index (χ2n) is 6.46. The lowest BCUT2D eigenvalue weighted by atomic mass is 9.95. The number of carbonyl (C=O) groups is 1. The number of hydrogen-bond acceptors (Lipinski definition) is 3. The summed E-state index contributed by atoms with van der Waals surface area (Å²) in [6, 6.07) is 15.1. The van der Waals surface area contributed by atoms with Crippen molar-refractivity contribution in [1.29, 1.82) is 0 Å². The highest BCUT2D eigenvalue weighted by Crippen LogP contribution is 2.21. The van der Waals surface area contributed by atoms with Crippen molar-refractivity contribution in [3.8, 4) is 5.75 Å². The van der Waals surface area contributed by atoms with Crippen LogP contribution < -0.4 is 15.4 Å². The third kappa shape index (κ3) is 4.74. The number of hydrogen-bond donors (Lipinski definition) is 2. The van der Waals surface area contributed by atoms with Crippen molar-refractivity contribution >= 4 is 17.5 Å². The van der Waals surface area contributed by atoms with E-state index in [-0.39, 0.29) is 11.9 Å². The van der Waals surface area contributed by atoms with Gasteiger partial charge in [0.25, 0.3) is 5.91 Å². The molecule has 1 aliphatic heterocycles. The highest BCUT2D eigenvalue weighted by Gasteiger charge is 2.24. The van der Waals surface area contributed by atoms with Crippen LogP contribution in [0.25, 0.3) is 0 Å². The molecule has 2 atom stereocenters. The molecule has 0 saturated carbocycles. The minimum absolute atomic E-state index is 0.0783. The number of carbonyl (C=O) groups excluding carboxylic acids is 1. The maximum absolute atomic E-state index is 12.7. The molecule has 3 rings (SSSR count). The number of amides is 1. The van der Waals surface area contributed by atoms with Crippen molar-refractivity contribution in [2.75, 3.05) is 13.1 Å². The predicted molar refractivity (Wildman–Crippen MR) is 100 cm³/mol. The third-order valence-electron chi connectivity index (χ3n) is 4.54. The topological polar surface area (TPSA) is 50.4 Å². The number of piperidine rings is 1. The average molecular weight is 359 g/mol. The van der Waals surface area contributed by atoms with Crippen molar-refractivity contribution < 1.29 is 9.53 Å². The van der Waals surface area contributed by atoms with Gasteiger partial charge < -0.3 is 15.4 Å². The van der Waals surface area contributed by atoms with Crippen molar-refractivity contribution in [1.82, 2.24) is 10.6 Å². The molecular formula is C20H23ClN2O2. The van der Waals surface area contributed by atoms with Gasteiger partial charge in [0.15, 0.2) is 0 Å². The van der Waals surface area contributed by atoms with Crippen molar-refractivity contribution in [3.05, 3.63) is 64.7 Å². The summed E-state index contributed by atoms with van der Waals surface area (Å²) in [7, 11) is 0. The first kappa shape index (κ1) is 17.8. The first-order chi connectivity index (χ1) is 12.1. The maximum atomic E-state index is 12.7. The van der Waals surface area contributed by atoms with E-state index in [0.29, 0.717) is 28.9 Å². The summed E-state index contributed by atoms with van der Waals surface area (Å²) in [5.41, 5.74) is 1.58. The zero-order valence-corrected chi connectivity index (χ0v) is 15.1. The fourth-order valence-corrected chi connectivity index (χ4v) is 3.12. The molecule has 25 heavy (non-hydrogen) atoms. The average Bonchev–Trinajstić information content (AvgIpc) is 2.63. The van der Waals surface area contributed by atoms with Gasteiger partial charge in [-0.05, 0) is 55.3 Å². The number of nitrogens with one attached hydrogen (secondary N) is 2. The molecule has 0 bridgehead atoms. The third-order valence-corrected chi connectivity index (χ3v) is 4.79. The molecule has 1 aliphatic rings. The Labute approximate surface area is 153 Å². The number of rotatable bonds is 5. The number of benzene rings is 2.